The van der Waals surface area contributed by atoms with Crippen molar-refractivity contribution in [2.75, 3.05) is 13.1 Å². The van der Waals surface area contributed by atoms with Crippen molar-refractivity contribution in [1.82, 2.24) is 10.6 Å². The molecule has 5 N–H and O–H groups in total. The summed E-state index contributed by atoms with van der Waals surface area (Å²) in [6.07, 6.45) is -2.44. The van der Waals surface area contributed by atoms with Gasteiger partial charge in [-0.25, -0.2) is 0 Å². The zero-order valence-corrected chi connectivity index (χ0v) is 11.0. The summed E-state index contributed by atoms with van der Waals surface area (Å²) in [5, 5.41) is 30.1. The van der Waals surface area contributed by atoms with E-state index in [4.69, 9.17) is 15.3 Å². The second kappa shape index (κ2) is 8.14. The molecule has 2 amide bonds. The Morgan fingerprint density at radius 2 is 1.94 bits per heavy atom. The Labute approximate surface area is 101 Å². The fourth-order valence-electron chi connectivity index (χ4n) is 0.931. The van der Waals surface area contributed by atoms with Crippen molar-refractivity contribution in [1.29, 1.82) is 0 Å². The zero-order chi connectivity index (χ0) is 13.3. The Kier molecular flexibility index (Phi) is 7.66. The van der Waals surface area contributed by atoms with Crippen molar-refractivity contribution >= 4 is 21.6 Å². The smallest absolute Gasteiger partial charge is 0.355 e. The van der Waals surface area contributed by atoms with Crippen molar-refractivity contribution < 1.29 is 29.3 Å². The van der Waals surface area contributed by atoms with Crippen molar-refractivity contribution in [3.63, 3.8) is 0 Å². The quantitative estimate of drug-likeness (QED) is 0.178. The average molecular weight is 266 g/mol. The summed E-state index contributed by atoms with van der Waals surface area (Å²) in [5.41, 5.74) is 0. The van der Waals surface area contributed by atoms with Crippen LogP contribution in [0.4, 0.5) is 0 Å². The fourth-order valence-corrected chi connectivity index (χ4v) is 1.80. The Morgan fingerprint density at radius 1 is 1.29 bits per heavy atom. The summed E-state index contributed by atoms with van der Waals surface area (Å²) >= 11 is 0. The molecule has 9 heteroatoms. The summed E-state index contributed by atoms with van der Waals surface area (Å²) in [5.74, 6) is -0.560. The van der Waals surface area contributed by atoms with E-state index in [2.05, 4.69) is 15.1 Å². The molecule has 100 valence electrons. The lowest BCUT2D eigenvalue weighted by Crippen LogP contribution is -2.36. The molecule has 0 fully saturated rings. The van der Waals surface area contributed by atoms with Gasteiger partial charge in [-0.1, -0.05) is 0 Å². The molecule has 0 spiro atoms. The van der Waals surface area contributed by atoms with Crippen LogP contribution in [-0.4, -0.2) is 56.1 Å². The van der Waals surface area contributed by atoms with Crippen LogP contribution >= 0.6 is 0 Å². The Balaban J connectivity index is 3.34. The van der Waals surface area contributed by atoms with Gasteiger partial charge < -0.3 is 30.4 Å². The van der Waals surface area contributed by atoms with Crippen LogP contribution in [0.25, 0.3) is 0 Å². The number of amides is 2. The average Bonchev–Trinajstić information content (AvgIpc) is 2.18. The van der Waals surface area contributed by atoms with Gasteiger partial charge in [0.1, 0.15) is 0 Å². The van der Waals surface area contributed by atoms with Crippen molar-refractivity contribution in [2.45, 2.75) is 25.5 Å². The fraction of sp³-hybridized carbons (Fsp3) is 0.750. The maximum Gasteiger partial charge on any atom is 0.394 e. The molecule has 0 heterocycles. The highest BCUT2D eigenvalue weighted by Gasteiger charge is 2.17. The van der Waals surface area contributed by atoms with E-state index in [1.54, 1.807) is 0 Å². The van der Waals surface area contributed by atoms with Crippen LogP contribution < -0.4 is 10.6 Å². The van der Waals surface area contributed by atoms with Gasteiger partial charge in [-0.05, 0) is 12.5 Å². The monoisotopic (exact) mass is 266 g/mol. The van der Waals surface area contributed by atoms with E-state index in [0.29, 0.717) is 19.0 Å². The molecule has 0 aliphatic heterocycles. The lowest BCUT2D eigenvalue weighted by atomic mass is 10.4. The van der Waals surface area contributed by atoms with Gasteiger partial charge in [-0.15, -0.1) is 0 Å². The summed E-state index contributed by atoms with van der Waals surface area (Å²) in [6.45, 7) is 1.67. The topological polar surface area (TPSA) is 128 Å². The highest BCUT2D eigenvalue weighted by molar-refractivity contribution is 6.27. The maximum absolute atomic E-state index is 11.1. The van der Waals surface area contributed by atoms with Gasteiger partial charge in [-0.2, -0.15) is 0 Å². The van der Waals surface area contributed by atoms with E-state index in [1.165, 1.54) is 6.92 Å². The van der Waals surface area contributed by atoms with E-state index in [1.807, 2.05) is 0 Å². The number of hydrogen-bond acceptors (Lipinski definition) is 6. The van der Waals surface area contributed by atoms with Gasteiger partial charge in [0.15, 0.2) is 9.76 Å². The van der Waals surface area contributed by atoms with Gasteiger partial charge in [-0.3, -0.25) is 9.59 Å². The first-order valence-corrected chi connectivity index (χ1v) is 6.71. The third-order valence-corrected chi connectivity index (χ3v) is 3.07. The van der Waals surface area contributed by atoms with Gasteiger partial charge in [0, 0.05) is 13.5 Å². The Hall–Kier alpha value is -1.00. The minimum atomic E-state index is -3.04. The van der Waals surface area contributed by atoms with Crippen LogP contribution in [0.15, 0.2) is 0 Å². The van der Waals surface area contributed by atoms with E-state index in [0.717, 1.165) is 0 Å². The molecule has 0 saturated heterocycles. The molecular weight excluding hydrogens is 248 g/mol. The summed E-state index contributed by atoms with van der Waals surface area (Å²) in [7, 11) is -1.23. The van der Waals surface area contributed by atoms with Crippen molar-refractivity contribution in [3.8, 4) is 0 Å². The maximum atomic E-state index is 11.1. The molecule has 0 saturated carbocycles. The molecule has 0 aliphatic rings. The second-order valence-corrected chi connectivity index (χ2v) is 4.79. The number of hydrogen-bond donors (Lipinski definition) is 5. The minimum absolute atomic E-state index is 0.0592. The van der Waals surface area contributed by atoms with Crippen LogP contribution in [0, 0.1) is 0 Å². The van der Waals surface area contributed by atoms with Crippen LogP contribution in [0.3, 0.4) is 0 Å². The van der Waals surface area contributed by atoms with Gasteiger partial charge in [0.2, 0.25) is 11.8 Å². The zero-order valence-electron chi connectivity index (χ0n) is 9.60. The minimum Gasteiger partial charge on any atom is -0.355 e. The van der Waals surface area contributed by atoms with Crippen molar-refractivity contribution in [2.24, 2.45) is 0 Å². The number of carbonyl (C=O) groups excluding carboxylic acids is 2. The van der Waals surface area contributed by atoms with Gasteiger partial charge >= 0.3 is 6.16 Å². The van der Waals surface area contributed by atoms with E-state index in [-0.39, 0.29) is 18.4 Å². The normalized spacial score (nSPS) is 11.8. The Morgan fingerprint density at radius 3 is 2.47 bits per heavy atom. The molecule has 0 aromatic heterocycles. The lowest BCUT2D eigenvalue weighted by molar-refractivity contribution is -0.421. The molecule has 17 heavy (non-hydrogen) atoms. The molecule has 0 aliphatic carbocycles. The molecule has 0 aromatic carbocycles. The van der Waals surface area contributed by atoms with Gasteiger partial charge in [0.05, 0.1) is 6.54 Å². The van der Waals surface area contributed by atoms with Crippen molar-refractivity contribution in [3.05, 3.63) is 0 Å². The van der Waals surface area contributed by atoms with E-state index >= 15 is 0 Å². The number of carbonyl (C=O) groups is 2. The molecule has 0 atom stereocenters. The Bertz CT molecular complexity index is 255. The predicted octanol–water partition coefficient (Wildman–Crippen LogP) is -3.26. The molecule has 0 aromatic rings. The third kappa shape index (κ3) is 12.9. The summed E-state index contributed by atoms with van der Waals surface area (Å²) in [4.78, 5) is 21.6. The van der Waals surface area contributed by atoms with Gasteiger partial charge in [0.25, 0.3) is 0 Å². The summed E-state index contributed by atoms with van der Waals surface area (Å²) < 4.78 is 4.35. The first kappa shape index (κ1) is 16.0. The molecule has 0 unspecified atom stereocenters. The first-order valence-electron chi connectivity index (χ1n) is 5.13. The summed E-state index contributed by atoms with van der Waals surface area (Å²) in [6, 6.07) is 0.573. The lowest BCUT2D eigenvalue weighted by Gasteiger charge is -2.14. The molecule has 0 radical (unpaired) electrons. The number of aliphatic hydroxyl groups is 3. The van der Waals surface area contributed by atoms with Crippen LogP contribution in [0.1, 0.15) is 13.3 Å². The highest BCUT2D eigenvalue weighted by atomic mass is 28.2. The SMILES string of the molecule is CC(=O)NCC(=O)NCCC[SiH2]OC(O)(O)O. The standard InChI is InChI=1S/C8H18N2O6Si/c1-6(11)10-5-7(12)9-3-2-4-17-16-8(13,14)15/h13-15H,2-5,17H2,1H3,(H,9,12)(H,10,11). The van der Waals surface area contributed by atoms with E-state index in [9.17, 15) is 9.59 Å². The van der Waals surface area contributed by atoms with Crippen LogP contribution in [-0.2, 0) is 14.0 Å². The highest BCUT2D eigenvalue weighted by Crippen LogP contribution is 1.96. The first-order chi connectivity index (χ1) is 7.81. The number of rotatable bonds is 8. The van der Waals surface area contributed by atoms with Crippen LogP contribution in [0.5, 0.6) is 0 Å². The number of nitrogens with one attached hydrogen (secondary N) is 2. The molecule has 8 nitrogen and oxygen atoms in total. The molecule has 0 bridgehead atoms. The third-order valence-electron chi connectivity index (χ3n) is 1.69. The molecule has 0 rings (SSSR count). The molecular formula is C8H18N2O6Si. The second-order valence-electron chi connectivity index (χ2n) is 3.39. The van der Waals surface area contributed by atoms with E-state index < -0.39 is 15.9 Å². The predicted molar refractivity (Wildman–Crippen MR) is 60.1 cm³/mol. The van der Waals surface area contributed by atoms with Crippen LogP contribution in [0.2, 0.25) is 6.04 Å². The largest absolute Gasteiger partial charge is 0.394 e.